The number of carboxylic acid groups (broad SMARTS) is 1. The summed E-state index contributed by atoms with van der Waals surface area (Å²) in [5.41, 5.74) is 0. The molecule has 1 aromatic rings. The second kappa shape index (κ2) is 7.35. The molecule has 0 saturated carbocycles. The molecule has 2 N–H and O–H groups in total. The SMILES string of the molecule is CC[C@@H](NC(=O)COc1ccc(Br)cc1Cl)C(=O)O. The van der Waals surface area contributed by atoms with Crippen LogP contribution in [0.2, 0.25) is 5.02 Å². The van der Waals surface area contributed by atoms with Crippen LogP contribution in [0.5, 0.6) is 5.75 Å². The van der Waals surface area contributed by atoms with Crippen molar-refractivity contribution < 1.29 is 19.4 Å². The van der Waals surface area contributed by atoms with Crippen LogP contribution < -0.4 is 10.1 Å². The monoisotopic (exact) mass is 349 g/mol. The Kier molecular flexibility index (Phi) is 6.11. The molecule has 5 nitrogen and oxygen atoms in total. The fourth-order valence-corrected chi connectivity index (χ4v) is 2.04. The van der Waals surface area contributed by atoms with E-state index in [1.807, 2.05) is 0 Å². The minimum Gasteiger partial charge on any atom is -0.482 e. The molecule has 0 aliphatic rings. The molecule has 0 radical (unpaired) electrons. The summed E-state index contributed by atoms with van der Waals surface area (Å²) in [6, 6.07) is 4.08. The lowest BCUT2D eigenvalue weighted by molar-refractivity contribution is -0.142. The summed E-state index contributed by atoms with van der Waals surface area (Å²) in [4.78, 5) is 22.3. The van der Waals surface area contributed by atoms with E-state index < -0.39 is 17.9 Å². The van der Waals surface area contributed by atoms with Crippen molar-refractivity contribution in [2.75, 3.05) is 6.61 Å². The van der Waals surface area contributed by atoms with E-state index in [0.29, 0.717) is 17.2 Å². The lowest BCUT2D eigenvalue weighted by Gasteiger charge is -2.13. The van der Waals surface area contributed by atoms with Gasteiger partial charge in [0.25, 0.3) is 5.91 Å². The Hall–Kier alpha value is -1.27. The van der Waals surface area contributed by atoms with E-state index in [-0.39, 0.29) is 6.61 Å². The third-order valence-corrected chi connectivity index (χ3v) is 3.08. The number of hydrogen-bond donors (Lipinski definition) is 2. The van der Waals surface area contributed by atoms with Crippen molar-refractivity contribution in [1.82, 2.24) is 5.32 Å². The van der Waals surface area contributed by atoms with Crippen LogP contribution in [0.4, 0.5) is 0 Å². The van der Waals surface area contributed by atoms with Gasteiger partial charge < -0.3 is 15.2 Å². The summed E-state index contributed by atoms with van der Waals surface area (Å²) < 4.78 is 6.02. The predicted molar refractivity (Wildman–Crippen MR) is 74.5 cm³/mol. The molecule has 0 bridgehead atoms. The minimum atomic E-state index is -1.07. The molecular weight excluding hydrogens is 337 g/mol. The van der Waals surface area contributed by atoms with Gasteiger partial charge in [0.2, 0.25) is 0 Å². The molecule has 1 aromatic carbocycles. The van der Waals surface area contributed by atoms with Crippen molar-refractivity contribution in [3.05, 3.63) is 27.7 Å². The van der Waals surface area contributed by atoms with Gasteiger partial charge in [-0.2, -0.15) is 0 Å². The standard InChI is InChI=1S/C12H13BrClNO4/c1-2-9(12(17)18)15-11(16)6-19-10-4-3-7(13)5-8(10)14/h3-5,9H,2,6H2,1H3,(H,15,16)(H,17,18)/t9-/m1/s1. The lowest BCUT2D eigenvalue weighted by atomic mass is 10.2. The summed E-state index contributed by atoms with van der Waals surface area (Å²) in [5, 5.41) is 11.5. The molecule has 0 spiro atoms. The van der Waals surface area contributed by atoms with Crippen LogP contribution in [0, 0.1) is 0 Å². The number of halogens is 2. The highest BCUT2D eigenvalue weighted by molar-refractivity contribution is 9.10. The Labute approximate surface area is 124 Å². The average Bonchev–Trinajstić information content (AvgIpc) is 2.34. The van der Waals surface area contributed by atoms with E-state index >= 15 is 0 Å². The molecule has 0 aromatic heterocycles. The van der Waals surface area contributed by atoms with Crippen molar-refractivity contribution in [3.63, 3.8) is 0 Å². The zero-order valence-corrected chi connectivity index (χ0v) is 12.5. The molecule has 1 amide bonds. The van der Waals surface area contributed by atoms with Crippen LogP contribution in [-0.4, -0.2) is 29.6 Å². The number of carbonyl (C=O) groups is 2. The summed E-state index contributed by atoms with van der Waals surface area (Å²) >= 11 is 9.17. The molecule has 0 unspecified atom stereocenters. The molecule has 0 aliphatic carbocycles. The first-order valence-corrected chi connectivity index (χ1v) is 6.71. The fraction of sp³-hybridized carbons (Fsp3) is 0.333. The van der Waals surface area contributed by atoms with Gasteiger partial charge in [-0.25, -0.2) is 4.79 Å². The number of hydrogen-bond acceptors (Lipinski definition) is 3. The van der Waals surface area contributed by atoms with Gasteiger partial charge in [-0.05, 0) is 24.6 Å². The van der Waals surface area contributed by atoms with Crippen LogP contribution in [0.15, 0.2) is 22.7 Å². The largest absolute Gasteiger partial charge is 0.482 e. The Morgan fingerprint density at radius 3 is 2.74 bits per heavy atom. The van der Waals surface area contributed by atoms with Gasteiger partial charge in [0.15, 0.2) is 6.61 Å². The van der Waals surface area contributed by atoms with Gasteiger partial charge in [-0.3, -0.25) is 4.79 Å². The number of carboxylic acids is 1. The van der Waals surface area contributed by atoms with Gasteiger partial charge in [0.05, 0.1) is 5.02 Å². The molecule has 104 valence electrons. The van der Waals surface area contributed by atoms with E-state index in [2.05, 4.69) is 21.2 Å². The Morgan fingerprint density at radius 2 is 2.21 bits per heavy atom. The zero-order valence-electron chi connectivity index (χ0n) is 10.2. The Morgan fingerprint density at radius 1 is 1.53 bits per heavy atom. The van der Waals surface area contributed by atoms with Gasteiger partial charge in [0, 0.05) is 4.47 Å². The second-order valence-corrected chi connectivity index (χ2v) is 5.05. The van der Waals surface area contributed by atoms with Crippen LogP contribution >= 0.6 is 27.5 Å². The molecule has 1 atom stereocenters. The first-order valence-electron chi connectivity index (χ1n) is 5.54. The fourth-order valence-electron chi connectivity index (χ4n) is 1.31. The molecule has 1 rings (SSSR count). The van der Waals surface area contributed by atoms with Crippen molar-refractivity contribution in [2.45, 2.75) is 19.4 Å². The number of benzene rings is 1. The minimum absolute atomic E-state index is 0.287. The van der Waals surface area contributed by atoms with Crippen molar-refractivity contribution in [1.29, 1.82) is 0 Å². The second-order valence-electron chi connectivity index (χ2n) is 3.73. The van der Waals surface area contributed by atoms with Gasteiger partial charge >= 0.3 is 5.97 Å². The van der Waals surface area contributed by atoms with Gasteiger partial charge in [0.1, 0.15) is 11.8 Å². The maximum absolute atomic E-state index is 11.5. The maximum Gasteiger partial charge on any atom is 0.326 e. The summed E-state index contributed by atoms with van der Waals surface area (Å²) in [5.74, 6) is -1.21. The van der Waals surface area contributed by atoms with Crippen LogP contribution in [0.3, 0.4) is 0 Å². The molecular formula is C12H13BrClNO4. The third kappa shape index (κ3) is 5.08. The zero-order chi connectivity index (χ0) is 14.4. The van der Waals surface area contributed by atoms with Crippen molar-refractivity contribution >= 4 is 39.4 Å². The van der Waals surface area contributed by atoms with Crippen molar-refractivity contribution in [3.8, 4) is 5.75 Å². The highest BCUT2D eigenvalue weighted by atomic mass is 79.9. The highest BCUT2D eigenvalue weighted by Crippen LogP contribution is 2.27. The average molecular weight is 351 g/mol. The molecule has 0 heterocycles. The Bertz CT molecular complexity index is 481. The quantitative estimate of drug-likeness (QED) is 0.826. The highest BCUT2D eigenvalue weighted by Gasteiger charge is 2.17. The number of amides is 1. The topological polar surface area (TPSA) is 75.6 Å². The molecule has 0 fully saturated rings. The summed E-state index contributed by atoms with van der Waals surface area (Å²) in [7, 11) is 0. The normalized spacial score (nSPS) is 11.7. The van der Waals surface area contributed by atoms with Crippen LogP contribution in [0.1, 0.15) is 13.3 Å². The predicted octanol–water partition coefficient (Wildman–Crippen LogP) is 2.46. The van der Waals surface area contributed by atoms with E-state index in [9.17, 15) is 9.59 Å². The number of ether oxygens (including phenoxy) is 1. The van der Waals surface area contributed by atoms with Crippen LogP contribution in [-0.2, 0) is 9.59 Å². The first-order chi connectivity index (χ1) is 8.93. The first kappa shape index (κ1) is 15.8. The van der Waals surface area contributed by atoms with Gasteiger partial charge in [-0.1, -0.05) is 34.5 Å². The summed E-state index contributed by atoms with van der Waals surface area (Å²) in [6.07, 6.45) is 0.306. The van der Waals surface area contributed by atoms with Gasteiger partial charge in [-0.15, -0.1) is 0 Å². The van der Waals surface area contributed by atoms with E-state index in [1.54, 1.807) is 25.1 Å². The molecule has 7 heteroatoms. The number of carbonyl (C=O) groups excluding carboxylic acids is 1. The number of rotatable bonds is 6. The van der Waals surface area contributed by atoms with Crippen LogP contribution in [0.25, 0.3) is 0 Å². The summed E-state index contributed by atoms with van der Waals surface area (Å²) in [6.45, 7) is 1.39. The molecule has 0 aliphatic heterocycles. The molecule has 0 saturated heterocycles. The van der Waals surface area contributed by atoms with E-state index in [1.165, 1.54) is 0 Å². The van der Waals surface area contributed by atoms with Crippen molar-refractivity contribution in [2.24, 2.45) is 0 Å². The maximum atomic E-state index is 11.5. The third-order valence-electron chi connectivity index (χ3n) is 2.29. The number of aliphatic carboxylic acids is 1. The Balaban J connectivity index is 2.52. The number of nitrogens with one attached hydrogen (secondary N) is 1. The van der Waals surface area contributed by atoms with E-state index in [4.69, 9.17) is 21.4 Å². The molecule has 19 heavy (non-hydrogen) atoms. The van der Waals surface area contributed by atoms with E-state index in [0.717, 1.165) is 4.47 Å². The lowest BCUT2D eigenvalue weighted by Crippen LogP contribution is -2.42. The smallest absolute Gasteiger partial charge is 0.326 e.